The van der Waals surface area contributed by atoms with E-state index in [1.54, 1.807) is 6.42 Å². The minimum atomic E-state index is 0.608. The van der Waals surface area contributed by atoms with Crippen LogP contribution < -0.4 is 0 Å². The van der Waals surface area contributed by atoms with E-state index in [9.17, 15) is 0 Å². The summed E-state index contributed by atoms with van der Waals surface area (Å²) in [4.78, 5) is 0. The molecule has 0 nitrogen and oxygen atoms in total. The van der Waals surface area contributed by atoms with E-state index in [1.165, 1.54) is 19.3 Å². The van der Waals surface area contributed by atoms with Crippen LogP contribution in [0.5, 0.6) is 0 Å². The van der Waals surface area contributed by atoms with Gasteiger partial charge in [0.05, 0.1) is 0 Å². The minimum absolute atomic E-state index is 0.608. The third-order valence-corrected chi connectivity index (χ3v) is 14.0. The summed E-state index contributed by atoms with van der Waals surface area (Å²) in [6.45, 7) is 26.8. The van der Waals surface area contributed by atoms with Gasteiger partial charge in [-0.15, -0.1) is 0 Å². The number of rotatable bonds is 1. The Morgan fingerprint density at radius 3 is 1.84 bits per heavy atom. The van der Waals surface area contributed by atoms with Crippen LogP contribution in [-0.2, 0) is 0 Å². The second kappa shape index (κ2) is 7.50. The first-order valence-electron chi connectivity index (χ1n) is 14.6. The molecule has 0 heteroatoms. The molecule has 0 radical (unpaired) electrons. The van der Waals surface area contributed by atoms with Gasteiger partial charge < -0.3 is 0 Å². The highest BCUT2D eigenvalue weighted by molar-refractivity contribution is 5.20. The van der Waals surface area contributed by atoms with Crippen LogP contribution >= 0.6 is 0 Å². The summed E-state index contributed by atoms with van der Waals surface area (Å²) < 4.78 is 0. The quantitative estimate of drug-likeness (QED) is 0.393. The third-order valence-electron chi connectivity index (χ3n) is 14.0. The normalized spacial score (nSPS) is 65.6. The largest absolute Gasteiger partial charge is 0.0651 e. The lowest BCUT2D eigenvalue weighted by molar-refractivity contribution is -0.248. The molecule has 5 fully saturated rings. The zero-order valence-corrected chi connectivity index (χ0v) is 22.6. The molecule has 0 aromatic rings. The van der Waals surface area contributed by atoms with Crippen molar-refractivity contribution in [3.8, 4) is 0 Å². The van der Waals surface area contributed by atoms with Gasteiger partial charge in [0, 0.05) is 0 Å². The maximum absolute atomic E-state index is 2.81. The van der Waals surface area contributed by atoms with Gasteiger partial charge in [0.2, 0.25) is 0 Å². The maximum atomic E-state index is 2.81. The van der Waals surface area contributed by atoms with E-state index >= 15 is 0 Å². The van der Waals surface area contributed by atoms with Gasteiger partial charge in [-0.25, -0.2) is 0 Å². The topological polar surface area (TPSA) is 0 Å². The highest BCUT2D eigenvalue weighted by Gasteiger charge is 2.73. The molecule has 0 aromatic heterocycles. The smallest absolute Gasteiger partial charge is 0.0173 e. The lowest BCUT2D eigenvalue weighted by Gasteiger charge is -2.72. The second-order valence-corrected chi connectivity index (χ2v) is 14.3. The summed E-state index contributed by atoms with van der Waals surface area (Å²) in [7, 11) is 0. The molecule has 31 heavy (non-hydrogen) atoms. The molecule has 0 aromatic carbocycles. The van der Waals surface area contributed by atoms with Gasteiger partial charge in [-0.2, -0.15) is 0 Å². The minimum Gasteiger partial charge on any atom is -0.0651 e. The van der Waals surface area contributed by atoms with Gasteiger partial charge in [-0.1, -0.05) is 82.1 Å². The van der Waals surface area contributed by atoms with E-state index < -0.39 is 0 Å². The summed E-state index contributed by atoms with van der Waals surface area (Å²) in [5.74, 6) is 15.2. The van der Waals surface area contributed by atoms with Crippen LogP contribution in [0.1, 0.15) is 94.9 Å². The molecule has 1 spiro atoms. The Bertz CT molecular complexity index is 676. The second-order valence-electron chi connectivity index (χ2n) is 14.3. The summed E-state index contributed by atoms with van der Waals surface area (Å²) in [5.41, 5.74) is 0.608. The van der Waals surface area contributed by atoms with Crippen molar-refractivity contribution in [1.82, 2.24) is 0 Å². The molecule has 5 aliphatic rings. The Balaban J connectivity index is 1.72. The molecule has 5 aliphatic carbocycles. The zero-order chi connectivity index (χ0) is 22.6. The molecule has 5 rings (SSSR count). The summed E-state index contributed by atoms with van der Waals surface area (Å²) in [6, 6.07) is 0. The summed E-state index contributed by atoms with van der Waals surface area (Å²) in [6.07, 6.45) is 5.97. The maximum Gasteiger partial charge on any atom is -0.0173 e. The number of hydrogen-bond donors (Lipinski definition) is 0. The van der Waals surface area contributed by atoms with E-state index in [-0.39, 0.29) is 0 Å². The van der Waals surface area contributed by atoms with Crippen molar-refractivity contribution in [3.05, 3.63) is 0 Å². The molecule has 0 saturated heterocycles. The van der Waals surface area contributed by atoms with E-state index in [1.807, 2.05) is 0 Å². The van der Waals surface area contributed by atoms with Crippen LogP contribution in [0.25, 0.3) is 0 Å². The first-order chi connectivity index (χ1) is 14.6. The zero-order valence-electron chi connectivity index (χ0n) is 22.6. The van der Waals surface area contributed by atoms with E-state index in [0.717, 1.165) is 94.7 Å². The van der Waals surface area contributed by atoms with Gasteiger partial charge in [-0.05, 0) is 113 Å². The lowest BCUT2D eigenvalue weighted by atomic mass is 9.32. The molecule has 0 N–H and O–H groups in total. The van der Waals surface area contributed by atoms with Gasteiger partial charge in [-0.3, -0.25) is 0 Å². The van der Waals surface area contributed by atoms with Crippen LogP contribution in [0.3, 0.4) is 0 Å². The Morgan fingerprint density at radius 1 is 0.581 bits per heavy atom. The molecule has 5 saturated carbocycles. The monoisotopic (exact) mass is 426 g/mol. The first-order valence-corrected chi connectivity index (χ1v) is 14.6. The van der Waals surface area contributed by atoms with Crippen molar-refractivity contribution >= 4 is 0 Å². The predicted octanol–water partition coefficient (Wildman–Crippen LogP) is 8.66. The van der Waals surface area contributed by atoms with E-state index in [4.69, 9.17) is 0 Å². The summed E-state index contributed by atoms with van der Waals surface area (Å²) >= 11 is 0. The molecule has 16 unspecified atom stereocenters. The standard InChI is InChI=1S/C31H54/c1-11-24-21(8)29-19(6)18(5)20(7)30-25-13-12-15(2)26-16(3)14-17(4)27(28(25)26)23(10)31(29,30)22(24)9/h15-30H,11-14H2,1-10H3/t15?,16?,17?,18-,19?,20?,21?,22?,23?,24?,25?,26?,27?,28?,29?,30?,31?/m1/s1. The van der Waals surface area contributed by atoms with Crippen LogP contribution in [0.15, 0.2) is 0 Å². The van der Waals surface area contributed by atoms with Gasteiger partial charge in [0.1, 0.15) is 0 Å². The fourth-order valence-corrected chi connectivity index (χ4v) is 13.3. The fourth-order valence-electron chi connectivity index (χ4n) is 13.3. The first kappa shape index (κ1) is 22.8. The van der Waals surface area contributed by atoms with Crippen LogP contribution in [0.2, 0.25) is 0 Å². The molecule has 178 valence electrons. The molecule has 0 heterocycles. The van der Waals surface area contributed by atoms with Crippen molar-refractivity contribution in [2.24, 2.45) is 100 Å². The van der Waals surface area contributed by atoms with Crippen molar-refractivity contribution in [2.75, 3.05) is 0 Å². The van der Waals surface area contributed by atoms with Crippen molar-refractivity contribution in [3.63, 3.8) is 0 Å². The van der Waals surface area contributed by atoms with Crippen LogP contribution in [-0.4, -0.2) is 0 Å². The molecule has 0 bridgehead atoms. The van der Waals surface area contributed by atoms with Gasteiger partial charge in [0.25, 0.3) is 0 Å². The van der Waals surface area contributed by atoms with E-state index in [2.05, 4.69) is 69.2 Å². The SMILES string of the molecule is CCC1C(C)C2C(C)[C@@H](C)C(C)C3C4CCC(C)C5C(C)CC(C)C(C45)C(C)C23C1C. The Kier molecular flexibility index (Phi) is 5.51. The molecule has 0 aliphatic heterocycles. The van der Waals surface area contributed by atoms with Crippen molar-refractivity contribution in [2.45, 2.75) is 94.9 Å². The average molecular weight is 427 g/mol. The van der Waals surface area contributed by atoms with Crippen molar-refractivity contribution in [1.29, 1.82) is 0 Å². The Hall–Kier alpha value is 0. The number of hydrogen-bond acceptors (Lipinski definition) is 0. The molecule has 0 amide bonds. The summed E-state index contributed by atoms with van der Waals surface area (Å²) in [5, 5.41) is 0. The van der Waals surface area contributed by atoms with Crippen molar-refractivity contribution < 1.29 is 0 Å². The van der Waals surface area contributed by atoms with Crippen LogP contribution in [0, 0.1) is 100 Å². The average Bonchev–Trinajstić information content (AvgIpc) is 2.93. The predicted molar refractivity (Wildman–Crippen MR) is 133 cm³/mol. The number of fused-ring (bicyclic) bond motifs is 1. The Morgan fingerprint density at radius 2 is 1.19 bits per heavy atom. The van der Waals surface area contributed by atoms with Crippen LogP contribution in [0.4, 0.5) is 0 Å². The Labute approximate surface area is 195 Å². The molecular formula is C31H54. The third kappa shape index (κ3) is 2.61. The van der Waals surface area contributed by atoms with Gasteiger partial charge >= 0.3 is 0 Å². The lowest BCUT2D eigenvalue weighted by Crippen LogP contribution is -2.67. The highest BCUT2D eigenvalue weighted by atomic mass is 14.8. The van der Waals surface area contributed by atoms with E-state index in [0.29, 0.717) is 5.41 Å². The molecule has 17 atom stereocenters. The highest BCUT2D eigenvalue weighted by Crippen LogP contribution is 2.78. The fraction of sp³-hybridized carbons (Fsp3) is 1.00. The van der Waals surface area contributed by atoms with Gasteiger partial charge in [0.15, 0.2) is 0 Å². The molecular weight excluding hydrogens is 372 g/mol.